The Morgan fingerprint density at radius 2 is 1.45 bits per heavy atom. The highest BCUT2D eigenvalue weighted by molar-refractivity contribution is 5.64. The van der Waals surface area contributed by atoms with Gasteiger partial charge in [-0.15, -0.1) is 0 Å². The first-order chi connectivity index (χ1) is 9.16. The molecule has 20 heavy (non-hydrogen) atoms. The van der Waals surface area contributed by atoms with Crippen LogP contribution in [0.15, 0.2) is 54.6 Å². The number of nitrogen functional groups attached to an aromatic ring is 1. The Morgan fingerprint density at radius 1 is 0.900 bits per heavy atom. The van der Waals surface area contributed by atoms with Crippen LogP contribution in [0.1, 0.15) is 27.7 Å². The molecule has 0 aliphatic carbocycles. The summed E-state index contributed by atoms with van der Waals surface area (Å²) in [6.45, 7) is 5.53. The predicted octanol–water partition coefficient (Wildman–Crippen LogP) is 5.09. The van der Waals surface area contributed by atoms with Gasteiger partial charge in [0.2, 0.25) is 0 Å². The first kappa shape index (κ1) is 16.1. The summed E-state index contributed by atoms with van der Waals surface area (Å²) in [5.74, 6) is 0.694. The van der Waals surface area contributed by atoms with Crippen LogP contribution in [0.3, 0.4) is 0 Å². The molecule has 0 fully saturated rings. The lowest BCUT2D eigenvalue weighted by Gasteiger charge is -2.26. The third kappa shape index (κ3) is 4.30. The van der Waals surface area contributed by atoms with Crippen molar-refractivity contribution in [3.8, 4) is 0 Å². The van der Waals surface area contributed by atoms with E-state index < -0.39 is 0 Å². The standard InChI is InChI=1S/C17H22N2.CH4/c1-14(2)12-13-19(16-6-4-3-5-7-16)17-10-8-15(18)9-11-17;/h3-11,14H,12-13,18H2,1-2H3;1H4. The number of benzene rings is 2. The molecule has 2 N–H and O–H groups in total. The van der Waals surface area contributed by atoms with E-state index in [2.05, 4.69) is 55.1 Å². The molecule has 2 heteroatoms. The van der Waals surface area contributed by atoms with Crippen LogP contribution in [-0.4, -0.2) is 6.54 Å². The molecule has 2 nitrogen and oxygen atoms in total. The number of nitrogens with two attached hydrogens (primary N) is 1. The van der Waals surface area contributed by atoms with E-state index in [4.69, 9.17) is 5.73 Å². The second kappa shape index (κ2) is 7.59. The van der Waals surface area contributed by atoms with Crippen LogP contribution in [0.25, 0.3) is 0 Å². The topological polar surface area (TPSA) is 29.3 Å². The van der Waals surface area contributed by atoms with Crippen LogP contribution in [0.4, 0.5) is 17.1 Å². The van der Waals surface area contributed by atoms with Crippen LogP contribution in [0, 0.1) is 5.92 Å². The van der Waals surface area contributed by atoms with Gasteiger partial charge in [-0.05, 0) is 48.7 Å². The molecule has 0 atom stereocenters. The third-order valence-corrected chi connectivity index (χ3v) is 3.20. The van der Waals surface area contributed by atoms with Gasteiger partial charge >= 0.3 is 0 Å². The van der Waals surface area contributed by atoms with Gasteiger partial charge in [0.15, 0.2) is 0 Å². The van der Waals surface area contributed by atoms with Crippen LogP contribution in [0.2, 0.25) is 0 Å². The Kier molecular flexibility index (Phi) is 6.10. The summed E-state index contributed by atoms with van der Waals surface area (Å²) in [5, 5.41) is 0. The van der Waals surface area contributed by atoms with Crippen molar-refractivity contribution in [2.24, 2.45) is 5.92 Å². The SMILES string of the molecule is C.CC(C)CCN(c1ccccc1)c1ccc(N)cc1. The normalized spacial score (nSPS) is 10.2. The quantitative estimate of drug-likeness (QED) is 0.767. The fraction of sp³-hybridized carbons (Fsp3) is 0.333. The minimum atomic E-state index is 0. The van der Waals surface area contributed by atoms with E-state index in [-0.39, 0.29) is 7.43 Å². The second-order valence-corrected chi connectivity index (χ2v) is 5.26. The molecular weight excluding hydrogens is 244 g/mol. The molecule has 0 amide bonds. The Hall–Kier alpha value is -1.96. The molecule has 0 aliphatic heterocycles. The molecule has 0 saturated heterocycles. The van der Waals surface area contributed by atoms with Gasteiger partial charge in [0.1, 0.15) is 0 Å². The lowest BCUT2D eigenvalue weighted by Crippen LogP contribution is -2.19. The average Bonchev–Trinajstić information content (AvgIpc) is 2.42. The van der Waals surface area contributed by atoms with Crippen molar-refractivity contribution < 1.29 is 0 Å². The molecule has 0 saturated carbocycles. The van der Waals surface area contributed by atoms with E-state index in [1.165, 1.54) is 17.8 Å². The summed E-state index contributed by atoms with van der Waals surface area (Å²) < 4.78 is 0. The van der Waals surface area contributed by atoms with Crippen LogP contribution in [-0.2, 0) is 0 Å². The van der Waals surface area contributed by atoms with Crippen molar-refractivity contribution in [2.75, 3.05) is 17.2 Å². The number of para-hydroxylation sites is 1. The largest absolute Gasteiger partial charge is 0.399 e. The lowest BCUT2D eigenvalue weighted by atomic mass is 10.1. The van der Waals surface area contributed by atoms with Gasteiger partial charge in [-0.2, -0.15) is 0 Å². The van der Waals surface area contributed by atoms with E-state index >= 15 is 0 Å². The van der Waals surface area contributed by atoms with Crippen molar-refractivity contribution in [1.82, 2.24) is 0 Å². The number of anilines is 3. The number of nitrogens with zero attached hydrogens (tertiary/aromatic N) is 1. The number of rotatable bonds is 5. The van der Waals surface area contributed by atoms with Crippen molar-refractivity contribution >= 4 is 17.1 Å². The zero-order valence-corrected chi connectivity index (χ0v) is 11.7. The molecule has 2 rings (SSSR count). The lowest BCUT2D eigenvalue weighted by molar-refractivity contribution is 0.591. The first-order valence-corrected chi connectivity index (χ1v) is 6.85. The smallest absolute Gasteiger partial charge is 0.0412 e. The highest BCUT2D eigenvalue weighted by atomic mass is 15.1. The van der Waals surface area contributed by atoms with Crippen molar-refractivity contribution in [1.29, 1.82) is 0 Å². The number of hydrogen-bond acceptors (Lipinski definition) is 2. The van der Waals surface area contributed by atoms with E-state index in [0.29, 0.717) is 5.92 Å². The monoisotopic (exact) mass is 270 g/mol. The van der Waals surface area contributed by atoms with E-state index in [0.717, 1.165) is 12.2 Å². The summed E-state index contributed by atoms with van der Waals surface area (Å²) >= 11 is 0. The second-order valence-electron chi connectivity index (χ2n) is 5.26. The Balaban J connectivity index is 0.00000200. The predicted molar refractivity (Wildman–Crippen MR) is 90.5 cm³/mol. The van der Waals surface area contributed by atoms with E-state index in [1.807, 2.05) is 18.2 Å². The highest BCUT2D eigenvalue weighted by Gasteiger charge is 2.09. The van der Waals surface area contributed by atoms with Gasteiger partial charge in [0.05, 0.1) is 0 Å². The summed E-state index contributed by atoms with van der Waals surface area (Å²) in [7, 11) is 0. The Bertz CT molecular complexity index is 489. The third-order valence-electron chi connectivity index (χ3n) is 3.20. The molecule has 0 bridgehead atoms. The Labute approximate surface area is 123 Å². The van der Waals surface area contributed by atoms with Gasteiger partial charge in [0.25, 0.3) is 0 Å². The molecule has 0 radical (unpaired) electrons. The minimum absolute atomic E-state index is 0. The van der Waals surface area contributed by atoms with Gasteiger partial charge < -0.3 is 10.6 Å². The zero-order chi connectivity index (χ0) is 13.7. The molecule has 2 aromatic carbocycles. The summed E-state index contributed by atoms with van der Waals surface area (Å²) in [5.41, 5.74) is 9.00. The molecule has 2 aromatic rings. The van der Waals surface area contributed by atoms with Crippen molar-refractivity contribution in [3.63, 3.8) is 0 Å². The highest BCUT2D eigenvalue weighted by Crippen LogP contribution is 2.26. The van der Waals surface area contributed by atoms with Crippen LogP contribution < -0.4 is 10.6 Å². The summed E-state index contributed by atoms with van der Waals surface area (Å²) in [6.07, 6.45) is 1.17. The molecule has 0 aromatic heterocycles. The minimum Gasteiger partial charge on any atom is -0.399 e. The van der Waals surface area contributed by atoms with E-state index in [1.54, 1.807) is 0 Å². The van der Waals surface area contributed by atoms with E-state index in [9.17, 15) is 0 Å². The van der Waals surface area contributed by atoms with Gasteiger partial charge in [0, 0.05) is 23.6 Å². The van der Waals surface area contributed by atoms with Crippen molar-refractivity contribution in [2.45, 2.75) is 27.7 Å². The van der Waals surface area contributed by atoms with Gasteiger partial charge in [-0.3, -0.25) is 0 Å². The zero-order valence-electron chi connectivity index (χ0n) is 11.7. The summed E-state index contributed by atoms with van der Waals surface area (Å²) in [6, 6.07) is 18.6. The fourth-order valence-corrected chi connectivity index (χ4v) is 2.06. The first-order valence-electron chi connectivity index (χ1n) is 6.85. The molecule has 0 unspecified atom stereocenters. The summed E-state index contributed by atoms with van der Waals surface area (Å²) in [4.78, 5) is 2.35. The maximum Gasteiger partial charge on any atom is 0.0412 e. The molecule has 108 valence electrons. The fourth-order valence-electron chi connectivity index (χ4n) is 2.06. The number of hydrogen-bond donors (Lipinski definition) is 1. The van der Waals surface area contributed by atoms with Crippen LogP contribution >= 0.6 is 0 Å². The molecular formula is C18H26N2. The van der Waals surface area contributed by atoms with Gasteiger partial charge in [-0.1, -0.05) is 39.5 Å². The Morgan fingerprint density at radius 3 is 2.00 bits per heavy atom. The van der Waals surface area contributed by atoms with Crippen LogP contribution in [0.5, 0.6) is 0 Å². The maximum absolute atomic E-state index is 5.77. The average molecular weight is 270 g/mol. The maximum atomic E-state index is 5.77. The molecule has 0 aliphatic rings. The van der Waals surface area contributed by atoms with Crippen molar-refractivity contribution in [3.05, 3.63) is 54.6 Å². The molecule has 0 heterocycles. The molecule has 0 spiro atoms. The van der Waals surface area contributed by atoms with Gasteiger partial charge in [-0.25, -0.2) is 0 Å².